The van der Waals surface area contributed by atoms with Crippen LogP contribution >= 0.6 is 11.8 Å². The Balaban J connectivity index is 1.40. The molecule has 2 aromatic rings. The number of unbranched alkanes of at least 4 members (excludes halogenated alkanes) is 1. The monoisotopic (exact) mass is 482 g/mol. The Bertz CT molecular complexity index is 1020. The van der Waals surface area contributed by atoms with E-state index in [4.69, 9.17) is 16.2 Å². The van der Waals surface area contributed by atoms with Gasteiger partial charge in [0, 0.05) is 11.7 Å². The summed E-state index contributed by atoms with van der Waals surface area (Å²) < 4.78 is 5.62. The molecule has 8 nitrogen and oxygen atoms in total. The average molecular weight is 483 g/mol. The van der Waals surface area contributed by atoms with E-state index < -0.39 is 29.5 Å². The van der Waals surface area contributed by atoms with Crippen LogP contribution in [0.4, 0.5) is 4.79 Å². The van der Waals surface area contributed by atoms with E-state index >= 15 is 0 Å². The summed E-state index contributed by atoms with van der Waals surface area (Å²) in [6.07, 6.45) is 1.24. The molecule has 0 radical (unpaired) electrons. The number of ether oxygens (including phenoxy) is 1. The highest BCUT2D eigenvalue weighted by molar-refractivity contribution is 8.00. The fourth-order valence-corrected chi connectivity index (χ4v) is 5.78. The van der Waals surface area contributed by atoms with Crippen molar-refractivity contribution in [2.45, 2.75) is 42.6 Å². The summed E-state index contributed by atoms with van der Waals surface area (Å²) in [4.78, 5) is 37.3. The number of alkyl carbamates (subject to hydrolysis) is 1. The Morgan fingerprint density at radius 3 is 2.29 bits per heavy atom. The van der Waals surface area contributed by atoms with Gasteiger partial charge in [0.2, 0.25) is 5.91 Å². The Hall–Kier alpha value is -2.88. The van der Waals surface area contributed by atoms with Crippen molar-refractivity contribution < 1.29 is 19.1 Å². The molecule has 9 heteroatoms. The van der Waals surface area contributed by atoms with E-state index in [0.29, 0.717) is 25.1 Å². The molecular formula is C25H30N4O4S. The molecular weight excluding hydrogens is 452 g/mol. The van der Waals surface area contributed by atoms with Gasteiger partial charge in [-0.15, -0.1) is 11.8 Å². The van der Waals surface area contributed by atoms with Crippen molar-refractivity contribution in [1.82, 2.24) is 10.6 Å². The summed E-state index contributed by atoms with van der Waals surface area (Å²) in [5.41, 5.74) is 15.5. The molecule has 0 saturated carbocycles. The van der Waals surface area contributed by atoms with E-state index in [-0.39, 0.29) is 18.3 Å². The molecule has 2 amide bonds. The number of hydrogen-bond donors (Lipinski definition) is 4. The van der Waals surface area contributed by atoms with Gasteiger partial charge in [-0.3, -0.25) is 14.9 Å². The van der Waals surface area contributed by atoms with Gasteiger partial charge in [-0.1, -0.05) is 48.5 Å². The molecule has 1 heterocycles. The lowest BCUT2D eigenvalue weighted by molar-refractivity contribution is -0.122. The molecule has 1 aliphatic carbocycles. The Morgan fingerprint density at radius 2 is 1.71 bits per heavy atom. The van der Waals surface area contributed by atoms with Crippen LogP contribution in [0.3, 0.4) is 0 Å². The number of carbonyl (C=O) groups is 3. The van der Waals surface area contributed by atoms with Crippen LogP contribution in [0, 0.1) is 0 Å². The molecule has 0 spiro atoms. The Kier molecular flexibility index (Phi) is 7.87. The number of ketones is 1. The summed E-state index contributed by atoms with van der Waals surface area (Å²) in [7, 11) is 0. The van der Waals surface area contributed by atoms with E-state index in [2.05, 4.69) is 34.9 Å². The second kappa shape index (κ2) is 11.0. The largest absolute Gasteiger partial charge is 0.449 e. The van der Waals surface area contributed by atoms with Gasteiger partial charge in [-0.05, 0) is 48.1 Å². The lowest BCUT2D eigenvalue weighted by Gasteiger charge is -2.22. The van der Waals surface area contributed by atoms with E-state index in [1.807, 2.05) is 24.3 Å². The molecule has 0 aromatic heterocycles. The van der Waals surface area contributed by atoms with Crippen molar-refractivity contribution in [3.8, 4) is 11.1 Å². The lowest BCUT2D eigenvalue weighted by Crippen LogP contribution is -2.50. The SMILES string of the molecule is NCCCC[C@H](NC(=O)OCC1c2ccccc2-c2ccccc21)C(=O)C1NC(C(N)=O)CS1. The number of carbonyl (C=O) groups excluding carboxylic acids is 3. The first-order valence-electron chi connectivity index (χ1n) is 11.5. The Labute approximate surface area is 203 Å². The van der Waals surface area contributed by atoms with Crippen molar-refractivity contribution in [2.24, 2.45) is 11.5 Å². The highest BCUT2D eigenvalue weighted by Crippen LogP contribution is 2.44. The minimum Gasteiger partial charge on any atom is -0.449 e. The lowest BCUT2D eigenvalue weighted by atomic mass is 9.98. The van der Waals surface area contributed by atoms with Crippen LogP contribution in [-0.2, 0) is 14.3 Å². The molecule has 6 N–H and O–H groups in total. The molecule has 34 heavy (non-hydrogen) atoms. The van der Waals surface area contributed by atoms with Crippen LogP contribution in [0.15, 0.2) is 48.5 Å². The first-order valence-corrected chi connectivity index (χ1v) is 12.6. The van der Waals surface area contributed by atoms with E-state index in [1.165, 1.54) is 11.8 Å². The zero-order valence-corrected chi connectivity index (χ0v) is 19.7. The van der Waals surface area contributed by atoms with Gasteiger partial charge in [-0.2, -0.15) is 0 Å². The van der Waals surface area contributed by atoms with Gasteiger partial charge >= 0.3 is 6.09 Å². The first-order chi connectivity index (χ1) is 16.5. The van der Waals surface area contributed by atoms with E-state index in [1.54, 1.807) is 0 Å². The van der Waals surface area contributed by atoms with Gasteiger partial charge in [0.1, 0.15) is 12.0 Å². The molecule has 1 fully saturated rings. The van der Waals surface area contributed by atoms with Gasteiger partial charge in [0.05, 0.1) is 12.1 Å². The zero-order valence-electron chi connectivity index (χ0n) is 18.9. The third kappa shape index (κ3) is 5.27. The van der Waals surface area contributed by atoms with Crippen LogP contribution in [0.25, 0.3) is 11.1 Å². The maximum atomic E-state index is 13.1. The van der Waals surface area contributed by atoms with Gasteiger partial charge in [0.25, 0.3) is 0 Å². The molecule has 2 aliphatic rings. The van der Waals surface area contributed by atoms with Crippen LogP contribution in [0.5, 0.6) is 0 Å². The summed E-state index contributed by atoms with van der Waals surface area (Å²) >= 11 is 1.32. The summed E-state index contributed by atoms with van der Waals surface area (Å²) in [5.74, 6) is -0.328. The van der Waals surface area contributed by atoms with Gasteiger partial charge in [0.15, 0.2) is 5.78 Å². The number of hydrogen-bond acceptors (Lipinski definition) is 7. The van der Waals surface area contributed by atoms with Crippen LogP contribution < -0.4 is 22.1 Å². The molecule has 2 unspecified atom stereocenters. The average Bonchev–Trinajstić information content (AvgIpc) is 3.46. The molecule has 3 atom stereocenters. The van der Waals surface area contributed by atoms with Crippen LogP contribution in [0.2, 0.25) is 0 Å². The van der Waals surface area contributed by atoms with E-state index in [9.17, 15) is 14.4 Å². The Morgan fingerprint density at radius 1 is 1.06 bits per heavy atom. The molecule has 180 valence electrons. The standard InChI is InChI=1S/C25H30N4O4S/c26-12-6-5-11-20(22(30)24-28-21(14-34-24)23(27)31)29-25(32)33-13-19-17-9-3-1-7-15(17)16-8-2-4-10-18(16)19/h1-4,7-10,19-21,24,28H,5-6,11-14,26H2,(H2,27,31)(H,29,32)/t20-,21?,24?/m0/s1. The van der Waals surface area contributed by atoms with Crippen molar-refractivity contribution in [3.63, 3.8) is 0 Å². The molecule has 1 aliphatic heterocycles. The fourth-order valence-electron chi connectivity index (χ4n) is 4.54. The number of rotatable bonds is 10. The van der Waals surface area contributed by atoms with Crippen molar-refractivity contribution in [3.05, 3.63) is 59.7 Å². The van der Waals surface area contributed by atoms with Crippen LogP contribution in [0.1, 0.15) is 36.3 Å². The maximum Gasteiger partial charge on any atom is 0.407 e. The van der Waals surface area contributed by atoms with Crippen LogP contribution in [-0.4, -0.2) is 54.1 Å². The third-order valence-electron chi connectivity index (χ3n) is 6.31. The van der Waals surface area contributed by atoms with Crippen molar-refractivity contribution in [2.75, 3.05) is 18.9 Å². The summed E-state index contributed by atoms with van der Waals surface area (Å²) in [5, 5.41) is 5.10. The number of primary amides is 1. The fraction of sp³-hybridized carbons (Fsp3) is 0.400. The van der Waals surface area contributed by atoms with E-state index in [0.717, 1.165) is 28.7 Å². The topological polar surface area (TPSA) is 137 Å². The molecule has 1 saturated heterocycles. The third-order valence-corrected chi connectivity index (χ3v) is 7.54. The number of fused-ring (bicyclic) bond motifs is 3. The number of amides is 2. The summed E-state index contributed by atoms with van der Waals surface area (Å²) in [6.45, 7) is 0.676. The quantitative estimate of drug-likeness (QED) is 0.381. The molecule has 2 aromatic carbocycles. The second-order valence-electron chi connectivity index (χ2n) is 8.54. The highest BCUT2D eigenvalue weighted by Gasteiger charge is 2.37. The number of nitrogens with one attached hydrogen (secondary N) is 2. The van der Waals surface area contributed by atoms with Crippen molar-refractivity contribution >= 4 is 29.5 Å². The number of benzene rings is 2. The molecule has 4 rings (SSSR count). The normalized spacial score (nSPS) is 19.8. The van der Waals surface area contributed by atoms with Crippen molar-refractivity contribution in [1.29, 1.82) is 0 Å². The minimum atomic E-state index is -0.737. The highest BCUT2D eigenvalue weighted by atomic mass is 32.2. The predicted octanol–water partition coefficient (Wildman–Crippen LogP) is 2.11. The number of Topliss-reactive ketones (excluding diaryl/α,β-unsaturated/α-hetero) is 1. The second-order valence-corrected chi connectivity index (χ2v) is 9.68. The minimum absolute atomic E-state index is 0.0621. The smallest absolute Gasteiger partial charge is 0.407 e. The predicted molar refractivity (Wildman–Crippen MR) is 132 cm³/mol. The number of thioether (sulfide) groups is 1. The zero-order chi connectivity index (χ0) is 24.1. The van der Waals surface area contributed by atoms with Gasteiger partial charge in [-0.25, -0.2) is 4.79 Å². The van der Waals surface area contributed by atoms with Gasteiger partial charge < -0.3 is 21.5 Å². The first kappa shape index (κ1) is 24.3. The maximum absolute atomic E-state index is 13.1. The number of nitrogens with two attached hydrogens (primary N) is 2. The summed E-state index contributed by atoms with van der Waals surface area (Å²) in [6, 6.07) is 14.9. The molecule has 0 bridgehead atoms.